The van der Waals surface area contributed by atoms with Crippen molar-refractivity contribution in [2.45, 2.75) is 0 Å². The van der Waals surface area contributed by atoms with Crippen molar-refractivity contribution in [1.82, 2.24) is 14.7 Å². The largest absolute Gasteiger partial charge is 0.369 e. The summed E-state index contributed by atoms with van der Waals surface area (Å²) in [5, 5.41) is 3.92. The van der Waals surface area contributed by atoms with Crippen molar-refractivity contribution in [3.63, 3.8) is 0 Å². The Hall–Kier alpha value is -1.65. The van der Waals surface area contributed by atoms with Crippen LogP contribution in [0.15, 0.2) is 11.2 Å². The SMILES string of the molecule is CN(C)/C=N/c1c(C=O)cnn1C. The van der Waals surface area contributed by atoms with Gasteiger partial charge in [0.15, 0.2) is 12.1 Å². The Balaban J connectivity index is 2.98. The first-order valence-corrected chi connectivity index (χ1v) is 3.83. The van der Waals surface area contributed by atoms with Crippen LogP contribution in [-0.2, 0) is 7.05 Å². The highest BCUT2D eigenvalue weighted by atomic mass is 16.1. The highest BCUT2D eigenvalue weighted by molar-refractivity contribution is 5.82. The van der Waals surface area contributed by atoms with Crippen LogP contribution in [0.1, 0.15) is 10.4 Å². The lowest BCUT2D eigenvalue weighted by Gasteiger charge is -2.02. The molecule has 0 aliphatic rings. The third-order valence-electron chi connectivity index (χ3n) is 1.47. The number of aromatic nitrogens is 2. The van der Waals surface area contributed by atoms with Gasteiger partial charge < -0.3 is 4.90 Å². The maximum Gasteiger partial charge on any atom is 0.162 e. The lowest BCUT2D eigenvalue weighted by Crippen LogP contribution is -2.07. The number of aldehydes is 1. The molecule has 0 fully saturated rings. The van der Waals surface area contributed by atoms with Crippen molar-refractivity contribution in [2.24, 2.45) is 12.0 Å². The highest BCUT2D eigenvalue weighted by Gasteiger charge is 2.04. The van der Waals surface area contributed by atoms with Gasteiger partial charge in [-0.2, -0.15) is 5.10 Å². The number of carbonyl (C=O) groups excluding carboxylic acids is 1. The van der Waals surface area contributed by atoms with Gasteiger partial charge in [0.25, 0.3) is 0 Å². The molecule has 0 aliphatic heterocycles. The molecule has 1 heterocycles. The van der Waals surface area contributed by atoms with Crippen LogP contribution in [0.4, 0.5) is 5.82 Å². The number of nitrogens with zero attached hydrogens (tertiary/aromatic N) is 4. The minimum Gasteiger partial charge on any atom is -0.369 e. The Morgan fingerprint density at radius 1 is 1.62 bits per heavy atom. The number of hydrogen-bond acceptors (Lipinski definition) is 3. The van der Waals surface area contributed by atoms with E-state index in [-0.39, 0.29) is 0 Å². The standard InChI is InChI=1S/C8H12N4O/c1-11(2)6-9-8-7(5-13)4-10-12(8)3/h4-6H,1-3H3/b9-6+. The first-order valence-electron chi connectivity index (χ1n) is 3.83. The third kappa shape index (κ3) is 2.14. The quantitative estimate of drug-likeness (QED) is 0.385. The van der Waals surface area contributed by atoms with Gasteiger partial charge in [0, 0.05) is 21.1 Å². The molecule has 0 amide bonds. The first kappa shape index (κ1) is 9.44. The number of carbonyl (C=O) groups is 1. The minimum absolute atomic E-state index is 0.501. The molecule has 0 bridgehead atoms. The fraction of sp³-hybridized carbons (Fsp3) is 0.375. The van der Waals surface area contributed by atoms with Crippen molar-refractivity contribution in [3.8, 4) is 0 Å². The Morgan fingerprint density at radius 3 is 2.85 bits per heavy atom. The molecule has 70 valence electrons. The molecule has 0 saturated heterocycles. The van der Waals surface area contributed by atoms with E-state index < -0.39 is 0 Å². The molecule has 5 heteroatoms. The second kappa shape index (κ2) is 3.84. The van der Waals surface area contributed by atoms with Gasteiger partial charge >= 0.3 is 0 Å². The predicted molar refractivity (Wildman–Crippen MR) is 50.4 cm³/mol. The Bertz CT molecular complexity index is 327. The lowest BCUT2D eigenvalue weighted by atomic mass is 10.4. The minimum atomic E-state index is 0.501. The highest BCUT2D eigenvalue weighted by Crippen LogP contribution is 2.14. The third-order valence-corrected chi connectivity index (χ3v) is 1.47. The van der Waals surface area contributed by atoms with E-state index in [2.05, 4.69) is 10.1 Å². The number of rotatable bonds is 3. The van der Waals surface area contributed by atoms with Crippen molar-refractivity contribution < 1.29 is 4.79 Å². The molecule has 1 aromatic rings. The average molecular weight is 180 g/mol. The zero-order valence-corrected chi connectivity index (χ0v) is 7.93. The molecule has 0 aliphatic carbocycles. The van der Waals surface area contributed by atoms with E-state index in [9.17, 15) is 4.79 Å². The van der Waals surface area contributed by atoms with E-state index in [1.807, 2.05) is 14.1 Å². The summed E-state index contributed by atoms with van der Waals surface area (Å²) in [4.78, 5) is 16.4. The maximum atomic E-state index is 10.5. The topological polar surface area (TPSA) is 50.5 Å². The summed E-state index contributed by atoms with van der Waals surface area (Å²) in [7, 11) is 5.47. The van der Waals surface area contributed by atoms with Crippen molar-refractivity contribution >= 4 is 18.4 Å². The van der Waals surface area contributed by atoms with Crippen LogP contribution in [0, 0.1) is 0 Å². The number of aryl methyl sites for hydroxylation is 1. The molecule has 0 spiro atoms. The summed E-state index contributed by atoms with van der Waals surface area (Å²) in [5.74, 6) is 0.573. The molecule has 13 heavy (non-hydrogen) atoms. The van der Waals surface area contributed by atoms with Gasteiger partial charge in [-0.25, -0.2) is 4.99 Å². The molecule has 1 aromatic heterocycles. The molecular formula is C8H12N4O. The zero-order valence-electron chi connectivity index (χ0n) is 7.93. The van der Waals surface area contributed by atoms with Crippen LogP contribution in [-0.4, -0.2) is 41.4 Å². The van der Waals surface area contributed by atoms with Crippen LogP contribution < -0.4 is 0 Å². The van der Waals surface area contributed by atoms with E-state index >= 15 is 0 Å². The average Bonchev–Trinajstić information content (AvgIpc) is 2.43. The van der Waals surface area contributed by atoms with Gasteiger partial charge in [-0.3, -0.25) is 9.48 Å². The van der Waals surface area contributed by atoms with Gasteiger partial charge in [-0.05, 0) is 0 Å². The first-order chi connectivity index (χ1) is 6.15. The molecule has 0 unspecified atom stereocenters. The van der Waals surface area contributed by atoms with Crippen LogP contribution in [0.3, 0.4) is 0 Å². The van der Waals surface area contributed by atoms with Crippen LogP contribution >= 0.6 is 0 Å². The zero-order chi connectivity index (χ0) is 9.84. The molecule has 5 nitrogen and oxygen atoms in total. The molecule has 0 radical (unpaired) electrons. The molecule has 0 saturated carbocycles. The Labute approximate surface area is 76.7 Å². The van der Waals surface area contributed by atoms with Gasteiger partial charge in [-0.15, -0.1) is 0 Å². The van der Waals surface area contributed by atoms with E-state index in [1.165, 1.54) is 6.20 Å². The molecule has 1 rings (SSSR count). The van der Waals surface area contributed by atoms with E-state index in [0.29, 0.717) is 11.4 Å². The Morgan fingerprint density at radius 2 is 2.31 bits per heavy atom. The Kier molecular flexibility index (Phi) is 2.79. The van der Waals surface area contributed by atoms with Gasteiger partial charge in [-0.1, -0.05) is 0 Å². The molecule has 0 N–H and O–H groups in total. The van der Waals surface area contributed by atoms with Gasteiger partial charge in [0.05, 0.1) is 18.1 Å². The summed E-state index contributed by atoms with van der Waals surface area (Å²) in [6.07, 6.45) is 3.87. The fourth-order valence-electron chi connectivity index (χ4n) is 0.859. The summed E-state index contributed by atoms with van der Waals surface area (Å²) in [5.41, 5.74) is 0.501. The summed E-state index contributed by atoms with van der Waals surface area (Å²) >= 11 is 0. The monoisotopic (exact) mass is 180 g/mol. The molecular weight excluding hydrogens is 168 g/mol. The predicted octanol–water partition coefficient (Wildman–Crippen LogP) is 0.454. The molecule has 0 aromatic carbocycles. The maximum absolute atomic E-state index is 10.5. The van der Waals surface area contributed by atoms with Crippen molar-refractivity contribution in [1.29, 1.82) is 0 Å². The summed E-state index contributed by atoms with van der Waals surface area (Å²) < 4.78 is 1.56. The van der Waals surface area contributed by atoms with E-state index in [1.54, 1.807) is 23.0 Å². The van der Waals surface area contributed by atoms with E-state index in [0.717, 1.165) is 6.29 Å². The van der Waals surface area contributed by atoms with Crippen molar-refractivity contribution in [3.05, 3.63) is 11.8 Å². The van der Waals surface area contributed by atoms with Crippen LogP contribution in [0.5, 0.6) is 0 Å². The summed E-state index contributed by atoms with van der Waals surface area (Å²) in [6, 6.07) is 0. The second-order valence-electron chi connectivity index (χ2n) is 2.87. The normalized spacial score (nSPS) is 10.7. The number of aliphatic imine (C=N–C) groups is 1. The smallest absolute Gasteiger partial charge is 0.162 e. The fourth-order valence-corrected chi connectivity index (χ4v) is 0.859. The number of hydrogen-bond donors (Lipinski definition) is 0. The van der Waals surface area contributed by atoms with Crippen molar-refractivity contribution in [2.75, 3.05) is 14.1 Å². The lowest BCUT2D eigenvalue weighted by molar-refractivity contribution is 0.112. The van der Waals surface area contributed by atoms with Crippen LogP contribution in [0.25, 0.3) is 0 Å². The molecule has 0 atom stereocenters. The van der Waals surface area contributed by atoms with Gasteiger partial charge in [0.2, 0.25) is 0 Å². The van der Waals surface area contributed by atoms with Gasteiger partial charge in [0.1, 0.15) is 0 Å². The summed E-state index contributed by atoms with van der Waals surface area (Å²) in [6.45, 7) is 0. The van der Waals surface area contributed by atoms with Crippen LogP contribution in [0.2, 0.25) is 0 Å². The van der Waals surface area contributed by atoms with E-state index in [4.69, 9.17) is 0 Å². The second-order valence-corrected chi connectivity index (χ2v) is 2.87.